The third-order valence-corrected chi connectivity index (χ3v) is 13.7. The maximum Gasteiger partial charge on any atom is 0.343 e. The highest BCUT2D eigenvalue weighted by molar-refractivity contribution is 6.58. The Bertz CT molecular complexity index is 1130. The van der Waals surface area contributed by atoms with Crippen LogP contribution in [0.15, 0.2) is 72.8 Å². The van der Waals surface area contributed by atoms with Gasteiger partial charge in [0.05, 0.1) is 17.2 Å². The lowest BCUT2D eigenvalue weighted by Crippen LogP contribution is -2.18. The van der Waals surface area contributed by atoms with Crippen molar-refractivity contribution in [2.75, 3.05) is 0 Å². The Morgan fingerprint density at radius 2 is 1.50 bits per heavy atom. The van der Waals surface area contributed by atoms with Crippen LogP contribution in [-0.4, -0.2) is 25.0 Å². The summed E-state index contributed by atoms with van der Waals surface area (Å²) < 4.78 is 5.60. The highest BCUT2D eigenvalue weighted by Crippen LogP contribution is 2.39. The number of carbonyl (C=O) groups is 1. The Hall–Kier alpha value is -2.95. The Kier molecular flexibility index (Phi) is 8.15. The van der Waals surface area contributed by atoms with Crippen LogP contribution < -0.4 is 4.74 Å². The molecule has 1 aliphatic carbocycles. The number of carbonyl (C=O) groups excluding carboxylic acids is 1. The van der Waals surface area contributed by atoms with Crippen LogP contribution in [0, 0.1) is 11.3 Å². The van der Waals surface area contributed by atoms with Gasteiger partial charge in [-0.15, -0.1) is 0 Å². The van der Waals surface area contributed by atoms with Gasteiger partial charge < -0.3 is 4.74 Å². The lowest BCUT2D eigenvalue weighted by molar-refractivity contribution is 0.0734. The van der Waals surface area contributed by atoms with Gasteiger partial charge in [0.1, 0.15) is 5.75 Å². The second kappa shape index (κ2) is 11.5. The minimum absolute atomic E-state index is 0.109. The highest BCUT2D eigenvalue weighted by atomic mass is 28.3. The minimum Gasteiger partial charge on any atom is -0.423 e. The van der Waals surface area contributed by atoms with Crippen LogP contribution in [0.4, 0.5) is 0 Å². The molecule has 0 aliphatic heterocycles. The van der Waals surface area contributed by atoms with Crippen molar-refractivity contribution >= 4 is 25.0 Å². The molecule has 4 rings (SSSR count). The van der Waals surface area contributed by atoms with E-state index >= 15 is 0 Å². The number of ether oxygens (including phenoxy) is 1. The topological polar surface area (TPSA) is 50.1 Å². The minimum atomic E-state index is -0.329. The van der Waals surface area contributed by atoms with E-state index in [2.05, 4.69) is 31.7 Å². The number of esters is 1. The fraction of sp³-hybridized carbons (Fsp3) is 0.310. The maximum atomic E-state index is 12.7. The van der Waals surface area contributed by atoms with Crippen LogP contribution in [0.2, 0.25) is 17.3 Å². The summed E-state index contributed by atoms with van der Waals surface area (Å²) in [5.74, 6) is 0.836. The van der Waals surface area contributed by atoms with Crippen molar-refractivity contribution in [3.63, 3.8) is 0 Å². The fourth-order valence-electron chi connectivity index (χ4n) is 4.98. The zero-order valence-corrected chi connectivity index (χ0v) is 23.0. The van der Waals surface area contributed by atoms with E-state index in [1.807, 2.05) is 48.5 Å². The molecule has 1 atom stereocenters. The first-order chi connectivity index (χ1) is 16.6. The standard InChI is InChI=1S/C29H33NO2Si2/c1-20(33-2)34-28-17-13-25(14-18-28)23-7-9-26(10-8-23)29(31)32-27-15-11-24(12-16-27)22-5-3-21(19-30)4-6-22/h3-12,15-16,20,25,28H,13-14,17-18,33-34H2,1-2H3. The van der Waals surface area contributed by atoms with E-state index in [1.165, 1.54) is 31.2 Å². The molecule has 0 saturated heterocycles. The van der Waals surface area contributed by atoms with Crippen molar-refractivity contribution in [2.24, 2.45) is 0 Å². The molecule has 0 bridgehead atoms. The second-order valence-electron chi connectivity index (χ2n) is 9.69. The quantitative estimate of drug-likeness (QED) is 0.234. The SMILES string of the molecule is C[SiH2]C(C)[SiH2]C1CCC(c2ccc(C(=O)Oc3ccc(-c4ccc(C#N)cc4)cc3)cc2)CC1. The molecule has 1 unspecified atom stereocenters. The summed E-state index contributed by atoms with van der Waals surface area (Å²) in [5.41, 5.74) is 5.67. The van der Waals surface area contributed by atoms with Gasteiger partial charge >= 0.3 is 5.97 Å². The Balaban J connectivity index is 1.32. The van der Waals surface area contributed by atoms with Crippen molar-refractivity contribution < 1.29 is 9.53 Å². The van der Waals surface area contributed by atoms with E-state index in [0.29, 0.717) is 22.8 Å². The Morgan fingerprint density at radius 3 is 2.06 bits per heavy atom. The normalized spacial score (nSPS) is 19.3. The molecule has 34 heavy (non-hydrogen) atoms. The summed E-state index contributed by atoms with van der Waals surface area (Å²) in [4.78, 5) is 12.7. The first kappa shape index (κ1) is 24.2. The van der Waals surface area contributed by atoms with Crippen LogP contribution in [0.1, 0.15) is 60.0 Å². The summed E-state index contributed by atoms with van der Waals surface area (Å²) in [7, 11) is 0.296. The van der Waals surface area contributed by atoms with Gasteiger partial charge in [-0.2, -0.15) is 5.26 Å². The van der Waals surface area contributed by atoms with Crippen molar-refractivity contribution in [3.05, 3.63) is 89.5 Å². The predicted octanol–water partition coefficient (Wildman–Crippen LogP) is 6.04. The molecule has 0 amide bonds. The summed E-state index contributed by atoms with van der Waals surface area (Å²) >= 11 is 0. The van der Waals surface area contributed by atoms with E-state index in [-0.39, 0.29) is 25.0 Å². The molecule has 0 heterocycles. The van der Waals surface area contributed by atoms with Gasteiger partial charge in [-0.05, 0) is 71.8 Å². The van der Waals surface area contributed by atoms with E-state index in [9.17, 15) is 4.79 Å². The van der Waals surface area contributed by atoms with Crippen LogP contribution >= 0.6 is 0 Å². The van der Waals surface area contributed by atoms with Crippen molar-refractivity contribution in [3.8, 4) is 22.9 Å². The molecule has 0 spiro atoms. The van der Waals surface area contributed by atoms with E-state index in [1.54, 1.807) is 12.1 Å². The number of hydrogen-bond acceptors (Lipinski definition) is 3. The summed E-state index contributed by atoms with van der Waals surface area (Å²) in [5, 5.41) is 10.1. The maximum absolute atomic E-state index is 12.7. The molecule has 3 aromatic rings. The van der Waals surface area contributed by atoms with Gasteiger partial charge in [0.25, 0.3) is 0 Å². The molecular formula is C29H33NO2Si2. The average Bonchev–Trinajstić information content (AvgIpc) is 2.89. The molecule has 1 saturated carbocycles. The first-order valence-electron chi connectivity index (χ1n) is 12.5. The van der Waals surface area contributed by atoms with E-state index in [0.717, 1.165) is 21.8 Å². The monoisotopic (exact) mass is 483 g/mol. The molecule has 1 aliphatic rings. The van der Waals surface area contributed by atoms with Gasteiger partial charge in [0, 0.05) is 19.0 Å². The number of nitrogens with zero attached hydrogens (tertiary/aromatic N) is 1. The summed E-state index contributed by atoms with van der Waals surface area (Å²) in [6.07, 6.45) is 5.39. The molecule has 174 valence electrons. The zero-order chi connectivity index (χ0) is 23.9. The van der Waals surface area contributed by atoms with Gasteiger partial charge in [-0.1, -0.05) is 73.4 Å². The van der Waals surface area contributed by atoms with Crippen molar-refractivity contribution in [1.82, 2.24) is 0 Å². The van der Waals surface area contributed by atoms with Gasteiger partial charge in [0.15, 0.2) is 0 Å². The third-order valence-electron chi connectivity index (χ3n) is 7.31. The average molecular weight is 484 g/mol. The second-order valence-corrected chi connectivity index (χ2v) is 16.1. The highest BCUT2D eigenvalue weighted by Gasteiger charge is 2.24. The van der Waals surface area contributed by atoms with Gasteiger partial charge in [-0.25, -0.2) is 4.79 Å². The number of hydrogen-bond donors (Lipinski definition) is 0. The molecule has 0 N–H and O–H groups in total. The predicted molar refractivity (Wildman–Crippen MR) is 145 cm³/mol. The van der Waals surface area contributed by atoms with Crippen molar-refractivity contribution in [1.29, 1.82) is 5.26 Å². The lowest BCUT2D eigenvalue weighted by atomic mass is 9.83. The molecular weight excluding hydrogens is 450 g/mol. The number of rotatable bonds is 7. The van der Waals surface area contributed by atoms with E-state index in [4.69, 9.17) is 10.00 Å². The molecule has 1 fully saturated rings. The van der Waals surface area contributed by atoms with Crippen LogP contribution in [0.3, 0.4) is 0 Å². The molecule has 3 aromatic carbocycles. The molecule has 0 aromatic heterocycles. The summed E-state index contributed by atoms with van der Waals surface area (Å²) in [6.45, 7) is 4.95. The van der Waals surface area contributed by atoms with Crippen molar-refractivity contribution in [2.45, 2.75) is 55.8 Å². The Morgan fingerprint density at radius 1 is 0.912 bits per heavy atom. The van der Waals surface area contributed by atoms with Crippen LogP contribution in [0.5, 0.6) is 5.75 Å². The molecule has 0 radical (unpaired) electrons. The smallest absolute Gasteiger partial charge is 0.343 e. The number of benzene rings is 3. The first-order valence-corrected chi connectivity index (χ1v) is 16.3. The summed E-state index contributed by atoms with van der Waals surface area (Å²) in [6, 6.07) is 25.1. The van der Waals surface area contributed by atoms with E-state index < -0.39 is 0 Å². The third kappa shape index (κ3) is 6.13. The fourth-order valence-corrected chi connectivity index (χ4v) is 9.81. The van der Waals surface area contributed by atoms with Crippen LogP contribution in [0.25, 0.3) is 11.1 Å². The van der Waals surface area contributed by atoms with Gasteiger partial charge in [-0.3, -0.25) is 0 Å². The zero-order valence-electron chi connectivity index (χ0n) is 20.2. The van der Waals surface area contributed by atoms with Gasteiger partial charge in [0.2, 0.25) is 0 Å². The molecule has 3 nitrogen and oxygen atoms in total. The Labute approximate surface area is 207 Å². The lowest BCUT2D eigenvalue weighted by Gasteiger charge is -2.30. The number of nitriles is 1. The van der Waals surface area contributed by atoms with Crippen LogP contribution in [-0.2, 0) is 0 Å². The molecule has 5 heteroatoms. The largest absolute Gasteiger partial charge is 0.423 e.